The molecule has 0 heterocycles. The molecule has 0 aliphatic heterocycles. The quantitative estimate of drug-likeness (QED) is 0.383. The molecule has 0 fully saturated rings. The SMILES string of the molecule is CCCCc1ccc(C(=O)CCCCBr)cc1. The van der Waals surface area contributed by atoms with Gasteiger partial charge in [-0.25, -0.2) is 0 Å². The van der Waals surface area contributed by atoms with E-state index in [-0.39, 0.29) is 5.78 Å². The zero-order valence-corrected chi connectivity index (χ0v) is 12.1. The predicted octanol–water partition coefficient (Wildman–Crippen LogP) is 4.78. The molecule has 1 rings (SSSR count). The number of carbonyl (C=O) groups excluding carboxylic acids is 1. The Kier molecular flexibility index (Phi) is 7.18. The van der Waals surface area contributed by atoms with Gasteiger partial charge in [0.15, 0.2) is 5.78 Å². The van der Waals surface area contributed by atoms with E-state index in [1.54, 1.807) is 0 Å². The first-order valence-electron chi connectivity index (χ1n) is 6.46. The molecule has 0 aliphatic carbocycles. The first-order valence-corrected chi connectivity index (χ1v) is 7.58. The van der Waals surface area contributed by atoms with Gasteiger partial charge in [-0.15, -0.1) is 0 Å². The van der Waals surface area contributed by atoms with Crippen LogP contribution in [-0.4, -0.2) is 11.1 Å². The molecule has 0 aromatic heterocycles. The first-order chi connectivity index (χ1) is 8.27. The molecule has 0 radical (unpaired) electrons. The van der Waals surface area contributed by atoms with Gasteiger partial charge < -0.3 is 0 Å². The van der Waals surface area contributed by atoms with Gasteiger partial charge in [0.1, 0.15) is 0 Å². The fraction of sp³-hybridized carbons (Fsp3) is 0.533. The Hall–Kier alpha value is -0.630. The minimum atomic E-state index is 0.271. The molecule has 1 aromatic carbocycles. The van der Waals surface area contributed by atoms with Crippen LogP contribution in [0.15, 0.2) is 24.3 Å². The Morgan fingerprint density at radius 3 is 2.41 bits per heavy atom. The summed E-state index contributed by atoms with van der Waals surface area (Å²) in [4.78, 5) is 11.8. The number of Topliss-reactive ketones (excluding diaryl/α,β-unsaturated/α-hetero) is 1. The molecule has 1 nitrogen and oxygen atoms in total. The molecule has 0 atom stereocenters. The number of aryl methyl sites for hydroxylation is 1. The van der Waals surface area contributed by atoms with Crippen LogP contribution in [0.2, 0.25) is 0 Å². The second-order valence-electron chi connectivity index (χ2n) is 4.37. The molecular weight excluding hydrogens is 276 g/mol. The van der Waals surface area contributed by atoms with E-state index < -0.39 is 0 Å². The number of benzene rings is 1. The maximum absolute atomic E-state index is 11.8. The van der Waals surface area contributed by atoms with E-state index >= 15 is 0 Å². The summed E-state index contributed by atoms with van der Waals surface area (Å²) in [5.41, 5.74) is 2.20. The van der Waals surface area contributed by atoms with Crippen LogP contribution < -0.4 is 0 Å². The van der Waals surface area contributed by atoms with E-state index in [1.165, 1.54) is 18.4 Å². The highest BCUT2D eigenvalue weighted by Gasteiger charge is 2.04. The van der Waals surface area contributed by atoms with Crippen molar-refractivity contribution in [2.45, 2.75) is 45.4 Å². The average Bonchev–Trinajstić information content (AvgIpc) is 2.37. The molecule has 0 saturated carbocycles. The summed E-state index contributed by atoms with van der Waals surface area (Å²) < 4.78 is 0. The van der Waals surface area contributed by atoms with Crippen molar-refractivity contribution in [1.29, 1.82) is 0 Å². The third-order valence-electron chi connectivity index (χ3n) is 2.88. The molecule has 1 aromatic rings. The highest BCUT2D eigenvalue weighted by Crippen LogP contribution is 2.11. The van der Waals surface area contributed by atoms with E-state index in [9.17, 15) is 4.79 Å². The van der Waals surface area contributed by atoms with Crippen LogP contribution in [0.4, 0.5) is 0 Å². The van der Waals surface area contributed by atoms with E-state index in [0.29, 0.717) is 6.42 Å². The highest BCUT2D eigenvalue weighted by atomic mass is 79.9. The van der Waals surface area contributed by atoms with E-state index in [1.807, 2.05) is 12.1 Å². The third kappa shape index (κ3) is 5.49. The van der Waals surface area contributed by atoms with Crippen LogP contribution in [0.3, 0.4) is 0 Å². The van der Waals surface area contributed by atoms with Crippen molar-refractivity contribution in [3.8, 4) is 0 Å². The van der Waals surface area contributed by atoms with Crippen molar-refractivity contribution < 1.29 is 4.79 Å². The number of alkyl halides is 1. The minimum absolute atomic E-state index is 0.271. The lowest BCUT2D eigenvalue weighted by Gasteiger charge is -2.03. The Balaban J connectivity index is 2.46. The molecule has 0 bridgehead atoms. The van der Waals surface area contributed by atoms with Crippen molar-refractivity contribution in [3.63, 3.8) is 0 Å². The van der Waals surface area contributed by atoms with E-state index in [4.69, 9.17) is 0 Å². The van der Waals surface area contributed by atoms with Gasteiger partial charge in [0.25, 0.3) is 0 Å². The number of halogens is 1. The molecule has 0 saturated heterocycles. The maximum Gasteiger partial charge on any atom is 0.162 e. The molecular formula is C15H21BrO. The summed E-state index contributed by atoms with van der Waals surface area (Å²) in [7, 11) is 0. The average molecular weight is 297 g/mol. The number of hydrogen-bond acceptors (Lipinski definition) is 1. The summed E-state index contributed by atoms with van der Waals surface area (Å²) in [5, 5.41) is 0.982. The minimum Gasteiger partial charge on any atom is -0.294 e. The van der Waals surface area contributed by atoms with Gasteiger partial charge in [-0.3, -0.25) is 4.79 Å². The Labute approximate surface area is 113 Å². The van der Waals surface area contributed by atoms with Crippen LogP contribution in [0.1, 0.15) is 54.9 Å². The van der Waals surface area contributed by atoms with Crippen LogP contribution in [-0.2, 0) is 6.42 Å². The molecule has 2 heteroatoms. The number of hydrogen-bond donors (Lipinski definition) is 0. The predicted molar refractivity (Wildman–Crippen MR) is 77.0 cm³/mol. The van der Waals surface area contributed by atoms with Crippen LogP contribution in [0, 0.1) is 0 Å². The van der Waals surface area contributed by atoms with Gasteiger partial charge in [0.05, 0.1) is 0 Å². The lowest BCUT2D eigenvalue weighted by molar-refractivity contribution is 0.0980. The van der Waals surface area contributed by atoms with E-state index in [0.717, 1.165) is 30.2 Å². The van der Waals surface area contributed by atoms with Crippen molar-refractivity contribution in [1.82, 2.24) is 0 Å². The second-order valence-corrected chi connectivity index (χ2v) is 5.16. The molecule has 0 unspecified atom stereocenters. The summed E-state index contributed by atoms with van der Waals surface area (Å²) in [6, 6.07) is 8.13. The Morgan fingerprint density at radius 2 is 1.82 bits per heavy atom. The Bertz CT molecular complexity index is 329. The van der Waals surface area contributed by atoms with Gasteiger partial charge in [0.2, 0.25) is 0 Å². The van der Waals surface area contributed by atoms with Crippen LogP contribution in [0.5, 0.6) is 0 Å². The highest BCUT2D eigenvalue weighted by molar-refractivity contribution is 9.09. The number of rotatable bonds is 8. The summed E-state index contributed by atoms with van der Waals surface area (Å²) in [5.74, 6) is 0.271. The van der Waals surface area contributed by atoms with Crippen LogP contribution in [0.25, 0.3) is 0 Å². The van der Waals surface area contributed by atoms with Crippen LogP contribution >= 0.6 is 15.9 Å². The second kappa shape index (κ2) is 8.46. The summed E-state index contributed by atoms with van der Waals surface area (Å²) in [6.45, 7) is 2.20. The van der Waals surface area contributed by atoms with Gasteiger partial charge in [-0.2, -0.15) is 0 Å². The zero-order chi connectivity index (χ0) is 12.5. The van der Waals surface area contributed by atoms with Crippen molar-refractivity contribution >= 4 is 21.7 Å². The lowest BCUT2D eigenvalue weighted by atomic mass is 10.0. The Morgan fingerprint density at radius 1 is 1.12 bits per heavy atom. The molecule has 0 N–H and O–H groups in total. The normalized spacial score (nSPS) is 10.5. The molecule has 94 valence electrons. The van der Waals surface area contributed by atoms with Gasteiger partial charge in [-0.05, 0) is 31.2 Å². The monoisotopic (exact) mass is 296 g/mol. The standard InChI is InChI=1S/C15H21BrO/c1-2-3-6-13-8-10-14(11-9-13)15(17)7-4-5-12-16/h8-11H,2-7,12H2,1H3. The van der Waals surface area contributed by atoms with Gasteiger partial charge >= 0.3 is 0 Å². The first kappa shape index (κ1) is 14.4. The van der Waals surface area contributed by atoms with Crippen molar-refractivity contribution in [2.75, 3.05) is 5.33 Å². The zero-order valence-electron chi connectivity index (χ0n) is 10.5. The van der Waals surface area contributed by atoms with Crippen molar-refractivity contribution in [2.24, 2.45) is 0 Å². The molecule has 0 spiro atoms. The fourth-order valence-corrected chi connectivity index (χ4v) is 2.16. The summed E-state index contributed by atoms with van der Waals surface area (Å²) in [6.07, 6.45) is 6.27. The topological polar surface area (TPSA) is 17.1 Å². The van der Waals surface area contributed by atoms with E-state index in [2.05, 4.69) is 35.0 Å². The van der Waals surface area contributed by atoms with Gasteiger partial charge in [-0.1, -0.05) is 53.5 Å². The third-order valence-corrected chi connectivity index (χ3v) is 3.44. The number of ketones is 1. The van der Waals surface area contributed by atoms with Crippen molar-refractivity contribution in [3.05, 3.63) is 35.4 Å². The largest absolute Gasteiger partial charge is 0.294 e. The van der Waals surface area contributed by atoms with Gasteiger partial charge in [0, 0.05) is 17.3 Å². The maximum atomic E-state index is 11.8. The number of carbonyl (C=O) groups is 1. The summed E-state index contributed by atoms with van der Waals surface area (Å²) >= 11 is 3.38. The molecule has 0 aliphatic rings. The fourth-order valence-electron chi connectivity index (χ4n) is 1.76. The number of unbranched alkanes of at least 4 members (excludes halogenated alkanes) is 2. The lowest BCUT2D eigenvalue weighted by Crippen LogP contribution is -1.99. The molecule has 0 amide bonds. The molecule has 17 heavy (non-hydrogen) atoms. The smallest absolute Gasteiger partial charge is 0.162 e.